The van der Waals surface area contributed by atoms with Gasteiger partial charge >= 0.3 is 0 Å². The fourth-order valence-corrected chi connectivity index (χ4v) is 1.65. The van der Waals surface area contributed by atoms with Crippen LogP contribution >= 0.6 is 0 Å². The van der Waals surface area contributed by atoms with Gasteiger partial charge in [0.15, 0.2) is 0 Å². The molecule has 1 heterocycles. The molecule has 1 aliphatic heterocycles. The molecule has 13 heavy (non-hydrogen) atoms. The quantitative estimate of drug-likeness (QED) is 0.617. The lowest BCUT2D eigenvalue weighted by atomic mass is 10.2. The Balaban J connectivity index is 2.26. The number of nitrogens with one attached hydrogen (secondary N) is 1. The zero-order chi connectivity index (χ0) is 9.68. The van der Waals surface area contributed by atoms with Gasteiger partial charge in [-0.15, -0.1) is 0 Å². The minimum Gasteiger partial charge on any atom is -0.370 e. The van der Waals surface area contributed by atoms with Gasteiger partial charge in [-0.1, -0.05) is 6.92 Å². The van der Waals surface area contributed by atoms with E-state index in [1.54, 1.807) is 0 Å². The van der Waals surface area contributed by atoms with Crippen molar-refractivity contribution >= 4 is 5.91 Å². The number of hydrogen-bond acceptors (Lipinski definition) is 3. The third-order valence-electron chi connectivity index (χ3n) is 2.34. The summed E-state index contributed by atoms with van der Waals surface area (Å²) < 4.78 is 0. The second-order valence-electron chi connectivity index (χ2n) is 3.83. The lowest BCUT2D eigenvalue weighted by molar-refractivity contribution is -0.118. The molecule has 4 nitrogen and oxygen atoms in total. The number of hydrogen-bond donors (Lipinski definition) is 2. The van der Waals surface area contributed by atoms with Crippen LogP contribution < -0.4 is 11.1 Å². The van der Waals surface area contributed by atoms with Crippen LogP contribution in [0.1, 0.15) is 13.3 Å². The molecule has 0 spiro atoms. The summed E-state index contributed by atoms with van der Waals surface area (Å²) in [4.78, 5) is 12.9. The summed E-state index contributed by atoms with van der Waals surface area (Å²) in [7, 11) is 0. The molecule has 0 radical (unpaired) electrons. The van der Waals surface area contributed by atoms with Gasteiger partial charge in [0.25, 0.3) is 0 Å². The van der Waals surface area contributed by atoms with Crippen molar-refractivity contribution in [2.24, 2.45) is 11.7 Å². The highest BCUT2D eigenvalue weighted by atomic mass is 16.1. The minimum atomic E-state index is -0.204. The molecule has 0 bridgehead atoms. The molecule has 0 aliphatic carbocycles. The highest BCUT2D eigenvalue weighted by Crippen LogP contribution is 2.02. The van der Waals surface area contributed by atoms with E-state index in [1.807, 2.05) is 0 Å². The zero-order valence-corrected chi connectivity index (χ0v) is 8.25. The van der Waals surface area contributed by atoms with Crippen LogP contribution in [0.4, 0.5) is 0 Å². The molecule has 1 fully saturated rings. The second-order valence-corrected chi connectivity index (χ2v) is 3.83. The lowest BCUT2D eigenvalue weighted by Crippen LogP contribution is -2.32. The molecule has 0 saturated carbocycles. The van der Waals surface area contributed by atoms with E-state index in [0.29, 0.717) is 12.3 Å². The van der Waals surface area contributed by atoms with E-state index in [0.717, 1.165) is 32.7 Å². The summed E-state index contributed by atoms with van der Waals surface area (Å²) >= 11 is 0. The van der Waals surface area contributed by atoms with E-state index < -0.39 is 0 Å². The molecule has 0 aromatic carbocycles. The monoisotopic (exact) mass is 185 g/mol. The minimum absolute atomic E-state index is 0.204. The van der Waals surface area contributed by atoms with Crippen molar-refractivity contribution in [3.63, 3.8) is 0 Å². The van der Waals surface area contributed by atoms with Gasteiger partial charge in [-0.05, 0) is 12.5 Å². The summed E-state index contributed by atoms with van der Waals surface area (Å²) in [5, 5.41) is 3.36. The SMILES string of the molecule is CC1CNCCN(CCC(N)=O)C1. The zero-order valence-electron chi connectivity index (χ0n) is 8.25. The van der Waals surface area contributed by atoms with Crippen LogP contribution in [0, 0.1) is 5.92 Å². The van der Waals surface area contributed by atoms with E-state index in [9.17, 15) is 4.79 Å². The first-order valence-electron chi connectivity index (χ1n) is 4.90. The maximum absolute atomic E-state index is 10.6. The van der Waals surface area contributed by atoms with E-state index >= 15 is 0 Å². The standard InChI is InChI=1S/C9H19N3O/c1-8-6-11-3-5-12(7-8)4-2-9(10)13/h8,11H,2-7H2,1H3,(H2,10,13). The number of primary amides is 1. The Bertz CT molecular complexity index is 172. The summed E-state index contributed by atoms with van der Waals surface area (Å²) in [6.45, 7) is 7.21. The van der Waals surface area contributed by atoms with Crippen LogP contribution in [0.5, 0.6) is 0 Å². The van der Waals surface area contributed by atoms with Crippen LogP contribution in [-0.4, -0.2) is 43.5 Å². The van der Waals surface area contributed by atoms with Crippen molar-refractivity contribution in [1.82, 2.24) is 10.2 Å². The van der Waals surface area contributed by atoms with Crippen molar-refractivity contribution in [3.05, 3.63) is 0 Å². The molecule has 0 aromatic heterocycles. The fourth-order valence-electron chi connectivity index (χ4n) is 1.65. The number of amides is 1. The van der Waals surface area contributed by atoms with Crippen LogP contribution in [0.25, 0.3) is 0 Å². The van der Waals surface area contributed by atoms with Crippen LogP contribution in [0.15, 0.2) is 0 Å². The average molecular weight is 185 g/mol. The average Bonchev–Trinajstić information content (AvgIpc) is 2.26. The third kappa shape index (κ3) is 4.24. The van der Waals surface area contributed by atoms with E-state index in [4.69, 9.17) is 5.73 Å². The number of rotatable bonds is 3. The molecule has 1 unspecified atom stereocenters. The van der Waals surface area contributed by atoms with Crippen LogP contribution in [0.2, 0.25) is 0 Å². The first-order chi connectivity index (χ1) is 6.18. The molecule has 1 aliphatic rings. The molecule has 0 aromatic rings. The lowest BCUT2D eigenvalue weighted by Gasteiger charge is -2.20. The summed E-state index contributed by atoms with van der Waals surface area (Å²) in [5.41, 5.74) is 5.10. The molecule has 1 rings (SSSR count). The van der Waals surface area contributed by atoms with Gasteiger partial charge in [0, 0.05) is 32.6 Å². The number of nitrogens with zero attached hydrogens (tertiary/aromatic N) is 1. The topological polar surface area (TPSA) is 58.4 Å². The second kappa shape index (κ2) is 5.19. The Morgan fingerprint density at radius 3 is 3.15 bits per heavy atom. The Labute approximate surface area is 79.5 Å². The van der Waals surface area contributed by atoms with E-state index in [-0.39, 0.29) is 5.91 Å². The molecular weight excluding hydrogens is 166 g/mol. The smallest absolute Gasteiger partial charge is 0.218 e. The maximum Gasteiger partial charge on any atom is 0.218 e. The highest BCUT2D eigenvalue weighted by molar-refractivity contribution is 5.73. The molecule has 1 atom stereocenters. The summed E-state index contributed by atoms with van der Waals surface area (Å²) in [6, 6.07) is 0. The van der Waals surface area contributed by atoms with Crippen molar-refractivity contribution in [2.45, 2.75) is 13.3 Å². The molecule has 76 valence electrons. The third-order valence-corrected chi connectivity index (χ3v) is 2.34. The summed E-state index contributed by atoms with van der Waals surface area (Å²) in [6.07, 6.45) is 0.479. The Morgan fingerprint density at radius 2 is 2.46 bits per heavy atom. The van der Waals surface area contributed by atoms with E-state index in [2.05, 4.69) is 17.1 Å². The largest absolute Gasteiger partial charge is 0.370 e. The van der Waals surface area contributed by atoms with Gasteiger partial charge in [0.05, 0.1) is 0 Å². The Hall–Kier alpha value is -0.610. The van der Waals surface area contributed by atoms with Crippen molar-refractivity contribution in [2.75, 3.05) is 32.7 Å². The maximum atomic E-state index is 10.6. The first-order valence-corrected chi connectivity index (χ1v) is 4.90. The van der Waals surface area contributed by atoms with Gasteiger partial charge in [0.2, 0.25) is 5.91 Å². The van der Waals surface area contributed by atoms with E-state index in [1.165, 1.54) is 0 Å². The fraction of sp³-hybridized carbons (Fsp3) is 0.889. The van der Waals surface area contributed by atoms with Gasteiger partial charge in [0.1, 0.15) is 0 Å². The molecule has 3 N–H and O–H groups in total. The number of carbonyl (C=O) groups excluding carboxylic acids is 1. The first kappa shape index (κ1) is 10.5. The normalized spacial score (nSPS) is 25.5. The Kier molecular flexibility index (Phi) is 4.18. The number of nitrogens with two attached hydrogens (primary N) is 1. The van der Waals surface area contributed by atoms with Gasteiger partial charge < -0.3 is 16.0 Å². The van der Waals surface area contributed by atoms with Crippen molar-refractivity contribution in [1.29, 1.82) is 0 Å². The molecule has 4 heteroatoms. The molecule has 1 saturated heterocycles. The molecular formula is C9H19N3O. The predicted octanol–water partition coefficient (Wildman–Crippen LogP) is -0.597. The molecule has 1 amide bonds. The number of carbonyl (C=O) groups is 1. The van der Waals surface area contributed by atoms with Crippen molar-refractivity contribution < 1.29 is 4.79 Å². The van der Waals surface area contributed by atoms with Gasteiger partial charge in [-0.3, -0.25) is 4.79 Å². The van der Waals surface area contributed by atoms with Crippen molar-refractivity contribution in [3.8, 4) is 0 Å². The van der Waals surface area contributed by atoms with Gasteiger partial charge in [-0.2, -0.15) is 0 Å². The van der Waals surface area contributed by atoms with Crippen LogP contribution in [-0.2, 0) is 4.79 Å². The summed E-state index contributed by atoms with van der Waals surface area (Å²) in [5.74, 6) is 0.459. The van der Waals surface area contributed by atoms with Gasteiger partial charge in [-0.25, -0.2) is 0 Å². The predicted molar refractivity (Wildman–Crippen MR) is 52.3 cm³/mol. The van der Waals surface area contributed by atoms with Crippen LogP contribution in [0.3, 0.4) is 0 Å². The highest BCUT2D eigenvalue weighted by Gasteiger charge is 2.13. The Morgan fingerprint density at radius 1 is 1.69 bits per heavy atom.